The van der Waals surface area contributed by atoms with Gasteiger partial charge in [-0.05, 0) is 32.9 Å². The Hall–Kier alpha value is -1.26. The zero-order valence-electron chi connectivity index (χ0n) is 13.1. The van der Waals surface area contributed by atoms with E-state index in [1.165, 1.54) is 0 Å². The SMILES string of the molecule is CCCNC(C)c1ccc(N(C)CCOCC)cc1O. The molecule has 0 aliphatic carbocycles. The average Bonchev–Trinajstić information content (AvgIpc) is 2.44. The highest BCUT2D eigenvalue weighted by Gasteiger charge is 2.11. The van der Waals surface area contributed by atoms with Crippen LogP contribution in [0.5, 0.6) is 5.75 Å². The Morgan fingerprint density at radius 3 is 2.70 bits per heavy atom. The molecule has 0 amide bonds. The Labute approximate surface area is 122 Å². The molecule has 4 nitrogen and oxygen atoms in total. The van der Waals surface area contributed by atoms with Crippen LogP contribution in [0.4, 0.5) is 5.69 Å². The standard InChI is InChI=1S/C16H28N2O2/c1-5-9-17-13(3)15-8-7-14(12-16(15)19)18(4)10-11-20-6-2/h7-8,12-13,17,19H,5-6,9-11H2,1-4H3. The van der Waals surface area contributed by atoms with Crippen molar-refractivity contribution in [1.82, 2.24) is 5.32 Å². The number of aromatic hydroxyl groups is 1. The van der Waals surface area contributed by atoms with E-state index in [0.717, 1.165) is 37.4 Å². The van der Waals surface area contributed by atoms with Crippen LogP contribution in [0.25, 0.3) is 0 Å². The lowest BCUT2D eigenvalue weighted by Gasteiger charge is -2.21. The molecule has 1 aromatic carbocycles. The Kier molecular flexibility index (Phi) is 7.41. The fourth-order valence-corrected chi connectivity index (χ4v) is 2.08. The van der Waals surface area contributed by atoms with E-state index in [2.05, 4.69) is 24.1 Å². The van der Waals surface area contributed by atoms with E-state index in [1.54, 1.807) is 0 Å². The molecule has 0 aromatic heterocycles. The summed E-state index contributed by atoms with van der Waals surface area (Å²) in [5.41, 5.74) is 1.95. The number of rotatable bonds is 9. The maximum atomic E-state index is 10.2. The average molecular weight is 280 g/mol. The van der Waals surface area contributed by atoms with E-state index in [4.69, 9.17) is 4.74 Å². The van der Waals surface area contributed by atoms with E-state index < -0.39 is 0 Å². The molecule has 1 atom stereocenters. The van der Waals surface area contributed by atoms with Crippen molar-refractivity contribution in [1.29, 1.82) is 0 Å². The maximum Gasteiger partial charge on any atom is 0.122 e. The molecule has 114 valence electrons. The summed E-state index contributed by atoms with van der Waals surface area (Å²) < 4.78 is 5.35. The van der Waals surface area contributed by atoms with Gasteiger partial charge in [-0.25, -0.2) is 0 Å². The van der Waals surface area contributed by atoms with Gasteiger partial charge in [0.1, 0.15) is 5.75 Å². The van der Waals surface area contributed by atoms with Gasteiger partial charge in [0.15, 0.2) is 0 Å². The van der Waals surface area contributed by atoms with Crippen LogP contribution in [-0.2, 0) is 4.74 Å². The lowest BCUT2D eigenvalue weighted by Crippen LogP contribution is -2.23. The number of likely N-dealkylation sites (N-methyl/N-ethyl adjacent to an activating group) is 1. The molecule has 0 radical (unpaired) electrons. The molecule has 0 heterocycles. The van der Waals surface area contributed by atoms with Gasteiger partial charge in [-0.1, -0.05) is 13.0 Å². The quantitative estimate of drug-likeness (QED) is 0.683. The molecule has 0 fully saturated rings. The van der Waals surface area contributed by atoms with Gasteiger partial charge in [-0.2, -0.15) is 0 Å². The van der Waals surface area contributed by atoms with Crippen molar-refractivity contribution >= 4 is 5.69 Å². The summed E-state index contributed by atoms with van der Waals surface area (Å²) in [5, 5.41) is 13.6. The molecular weight excluding hydrogens is 252 g/mol. The Morgan fingerprint density at radius 2 is 2.10 bits per heavy atom. The second-order valence-electron chi connectivity index (χ2n) is 5.04. The summed E-state index contributed by atoms with van der Waals surface area (Å²) in [5.74, 6) is 0.349. The number of phenols is 1. The van der Waals surface area contributed by atoms with Crippen LogP contribution in [0.1, 0.15) is 38.8 Å². The fourth-order valence-electron chi connectivity index (χ4n) is 2.08. The highest BCUT2D eigenvalue weighted by Crippen LogP contribution is 2.28. The molecule has 2 N–H and O–H groups in total. The number of anilines is 1. The van der Waals surface area contributed by atoms with Crippen molar-refractivity contribution in [2.24, 2.45) is 0 Å². The summed E-state index contributed by atoms with van der Waals surface area (Å²) in [6.07, 6.45) is 1.09. The van der Waals surface area contributed by atoms with Crippen LogP contribution in [0, 0.1) is 0 Å². The molecule has 0 bridgehead atoms. The van der Waals surface area contributed by atoms with Gasteiger partial charge in [-0.15, -0.1) is 0 Å². The molecule has 4 heteroatoms. The molecular formula is C16H28N2O2. The minimum Gasteiger partial charge on any atom is -0.508 e. The smallest absolute Gasteiger partial charge is 0.122 e. The van der Waals surface area contributed by atoms with Crippen molar-refractivity contribution in [3.63, 3.8) is 0 Å². The zero-order chi connectivity index (χ0) is 15.0. The Balaban J connectivity index is 2.66. The van der Waals surface area contributed by atoms with Crippen LogP contribution in [-0.4, -0.2) is 38.5 Å². The van der Waals surface area contributed by atoms with Crippen LogP contribution in [0.2, 0.25) is 0 Å². The lowest BCUT2D eigenvalue weighted by molar-refractivity contribution is 0.154. The summed E-state index contributed by atoms with van der Waals surface area (Å²) >= 11 is 0. The first-order valence-electron chi connectivity index (χ1n) is 7.45. The van der Waals surface area contributed by atoms with Crippen molar-refractivity contribution < 1.29 is 9.84 Å². The van der Waals surface area contributed by atoms with Gasteiger partial charge < -0.3 is 20.1 Å². The summed E-state index contributed by atoms with van der Waals surface area (Å²) in [7, 11) is 2.01. The molecule has 0 saturated heterocycles. The number of ether oxygens (including phenoxy) is 1. The zero-order valence-corrected chi connectivity index (χ0v) is 13.1. The van der Waals surface area contributed by atoms with E-state index in [9.17, 15) is 5.11 Å². The Bertz CT molecular complexity index is 396. The van der Waals surface area contributed by atoms with Crippen LogP contribution >= 0.6 is 0 Å². The molecule has 1 unspecified atom stereocenters. The van der Waals surface area contributed by atoms with Gasteiger partial charge in [0.05, 0.1) is 6.61 Å². The Morgan fingerprint density at radius 1 is 1.35 bits per heavy atom. The predicted molar refractivity (Wildman–Crippen MR) is 84.6 cm³/mol. The number of nitrogens with one attached hydrogen (secondary N) is 1. The highest BCUT2D eigenvalue weighted by atomic mass is 16.5. The normalized spacial score (nSPS) is 12.4. The third-order valence-electron chi connectivity index (χ3n) is 3.40. The minimum atomic E-state index is 0.165. The molecule has 0 spiro atoms. The topological polar surface area (TPSA) is 44.7 Å². The van der Waals surface area contributed by atoms with E-state index in [1.807, 2.05) is 32.2 Å². The first-order valence-corrected chi connectivity index (χ1v) is 7.45. The summed E-state index contributed by atoms with van der Waals surface area (Å²) in [6.45, 7) is 9.40. The van der Waals surface area contributed by atoms with E-state index in [-0.39, 0.29) is 6.04 Å². The van der Waals surface area contributed by atoms with Crippen molar-refractivity contribution in [2.45, 2.75) is 33.2 Å². The van der Waals surface area contributed by atoms with Gasteiger partial charge in [-0.3, -0.25) is 0 Å². The molecule has 0 aliphatic heterocycles. The second kappa shape index (κ2) is 8.82. The number of nitrogens with zero attached hydrogens (tertiary/aromatic N) is 1. The number of hydrogen-bond donors (Lipinski definition) is 2. The van der Waals surface area contributed by atoms with Gasteiger partial charge >= 0.3 is 0 Å². The first kappa shape index (κ1) is 16.8. The maximum absolute atomic E-state index is 10.2. The monoisotopic (exact) mass is 280 g/mol. The van der Waals surface area contributed by atoms with Crippen LogP contribution in [0.15, 0.2) is 18.2 Å². The van der Waals surface area contributed by atoms with Gasteiger partial charge in [0, 0.05) is 43.6 Å². The third-order valence-corrected chi connectivity index (χ3v) is 3.40. The largest absolute Gasteiger partial charge is 0.508 e. The highest BCUT2D eigenvalue weighted by molar-refractivity contribution is 5.53. The number of benzene rings is 1. The molecule has 1 rings (SSSR count). The van der Waals surface area contributed by atoms with Crippen molar-refractivity contribution in [2.75, 3.05) is 38.3 Å². The van der Waals surface area contributed by atoms with Gasteiger partial charge in [0.2, 0.25) is 0 Å². The fraction of sp³-hybridized carbons (Fsp3) is 0.625. The summed E-state index contributed by atoms with van der Waals surface area (Å²) in [4.78, 5) is 2.09. The molecule has 20 heavy (non-hydrogen) atoms. The molecule has 1 aromatic rings. The van der Waals surface area contributed by atoms with Gasteiger partial charge in [0.25, 0.3) is 0 Å². The summed E-state index contributed by atoms with van der Waals surface area (Å²) in [6, 6.07) is 6.03. The molecule has 0 saturated carbocycles. The lowest BCUT2D eigenvalue weighted by atomic mass is 10.1. The van der Waals surface area contributed by atoms with E-state index >= 15 is 0 Å². The van der Waals surface area contributed by atoms with E-state index in [0.29, 0.717) is 12.4 Å². The number of phenolic OH excluding ortho intramolecular Hbond substituents is 1. The van der Waals surface area contributed by atoms with Crippen molar-refractivity contribution in [3.8, 4) is 5.75 Å². The second-order valence-corrected chi connectivity index (χ2v) is 5.04. The van der Waals surface area contributed by atoms with Crippen molar-refractivity contribution in [3.05, 3.63) is 23.8 Å². The molecule has 0 aliphatic rings. The van der Waals surface area contributed by atoms with Crippen LogP contribution < -0.4 is 10.2 Å². The first-order chi connectivity index (χ1) is 9.60. The number of hydrogen-bond acceptors (Lipinski definition) is 4. The predicted octanol–water partition coefficient (Wildman–Crippen LogP) is 2.93. The minimum absolute atomic E-state index is 0.165. The third kappa shape index (κ3) is 5.02. The van der Waals surface area contributed by atoms with Crippen LogP contribution in [0.3, 0.4) is 0 Å².